The molecule has 3 N–H and O–H groups in total. The highest BCUT2D eigenvalue weighted by atomic mass is 32.2. The third-order valence-electron chi connectivity index (χ3n) is 5.51. The van der Waals surface area contributed by atoms with Crippen LogP contribution in [0.3, 0.4) is 0 Å². The maximum Gasteiger partial charge on any atom is 0.347 e. The van der Waals surface area contributed by atoms with Crippen LogP contribution in [-0.2, 0) is 24.2 Å². The van der Waals surface area contributed by atoms with Crippen LogP contribution >= 0.6 is 23.1 Å². The second-order valence-electron chi connectivity index (χ2n) is 7.82. The van der Waals surface area contributed by atoms with Crippen LogP contribution in [0.5, 0.6) is 5.75 Å². The number of furan rings is 1. The lowest BCUT2D eigenvalue weighted by molar-refractivity contribution is -0.404. The number of H-pyrrole nitrogens is 1. The van der Waals surface area contributed by atoms with Crippen LogP contribution < -0.4 is 15.9 Å². The summed E-state index contributed by atoms with van der Waals surface area (Å²) in [5.74, 6) is 0.500. The molecule has 4 aromatic rings. The zero-order valence-corrected chi connectivity index (χ0v) is 19.1. The maximum absolute atomic E-state index is 13.5. The molecule has 1 aliphatic carbocycles. The number of aryl methyl sites for hydroxylation is 3. The molecule has 0 fully saturated rings. The Morgan fingerprint density at radius 3 is 3.03 bits per heavy atom. The number of phenolic OH excluding ortho intramolecular Hbond substituents is 1. The van der Waals surface area contributed by atoms with E-state index in [0.717, 1.165) is 40.6 Å². The number of carbonyl (C=O) groups is 1. The van der Waals surface area contributed by atoms with Crippen LogP contribution in [0.4, 0.5) is 5.69 Å². The van der Waals surface area contributed by atoms with E-state index in [9.17, 15) is 14.7 Å². The molecule has 32 heavy (non-hydrogen) atoms. The minimum absolute atomic E-state index is 0.0183. The molecule has 164 valence electrons. The Labute approximate surface area is 192 Å². The van der Waals surface area contributed by atoms with Gasteiger partial charge in [0.25, 0.3) is 0 Å². The van der Waals surface area contributed by atoms with E-state index in [1.807, 2.05) is 13.0 Å². The van der Waals surface area contributed by atoms with Crippen molar-refractivity contribution in [3.63, 3.8) is 0 Å². The first kappa shape index (κ1) is 20.8. The fourth-order valence-electron chi connectivity index (χ4n) is 4.00. The largest absolute Gasteiger partial charge is 0.506 e. The molecule has 0 atom stereocenters. The molecule has 0 unspecified atom stereocenters. The smallest absolute Gasteiger partial charge is 0.347 e. The van der Waals surface area contributed by atoms with Crippen molar-refractivity contribution in [1.29, 1.82) is 0 Å². The summed E-state index contributed by atoms with van der Waals surface area (Å²) in [4.78, 5) is 31.6. The Morgan fingerprint density at radius 2 is 2.22 bits per heavy atom. The molecule has 0 saturated heterocycles. The molecule has 1 aromatic carbocycles. The van der Waals surface area contributed by atoms with Crippen LogP contribution in [0.25, 0.3) is 10.2 Å². The second kappa shape index (κ2) is 8.48. The monoisotopic (exact) mass is 468 g/mol. The van der Waals surface area contributed by atoms with Gasteiger partial charge in [-0.05, 0) is 73.3 Å². The highest BCUT2D eigenvalue weighted by Gasteiger charge is 2.28. The second-order valence-corrected chi connectivity index (χ2v) is 9.89. The quantitative estimate of drug-likeness (QED) is 0.255. The van der Waals surface area contributed by atoms with E-state index in [0.29, 0.717) is 16.6 Å². The number of phenols is 1. The molecule has 0 spiro atoms. The van der Waals surface area contributed by atoms with Crippen LogP contribution in [0.1, 0.15) is 28.2 Å². The molecule has 0 bridgehead atoms. The topological polar surface area (TPSA) is 98.6 Å². The minimum Gasteiger partial charge on any atom is -0.506 e. The predicted molar refractivity (Wildman–Crippen MR) is 125 cm³/mol. The van der Waals surface area contributed by atoms with E-state index in [2.05, 4.69) is 10.3 Å². The van der Waals surface area contributed by atoms with Gasteiger partial charge in [0, 0.05) is 4.88 Å². The standard InChI is InChI=1S/C23H21N3O4S2/c1-13-7-8-17(27)16(10-13)24-19(28)12-31-23-25-21-20(15-5-2-6-18(15)32-21)22(29)26(23)11-14-4-3-9-30-14/h3-4,7-10,27H,2,5-6,11-12H2,1H3,(H,24,28)/p+1. The zero-order chi connectivity index (χ0) is 22.2. The number of nitrogens with one attached hydrogen (secondary N) is 2. The van der Waals surface area contributed by atoms with Gasteiger partial charge in [-0.15, -0.1) is 0 Å². The maximum atomic E-state index is 13.5. The summed E-state index contributed by atoms with van der Waals surface area (Å²) in [6.07, 6.45) is 4.59. The van der Waals surface area contributed by atoms with Gasteiger partial charge in [-0.1, -0.05) is 17.4 Å². The number of carbonyl (C=O) groups excluding carboxylic acids is 1. The number of nitrogens with zero attached hydrogens (tertiary/aromatic N) is 1. The third kappa shape index (κ3) is 3.93. The summed E-state index contributed by atoms with van der Waals surface area (Å²) < 4.78 is 7.12. The van der Waals surface area contributed by atoms with Crippen molar-refractivity contribution in [2.75, 3.05) is 11.1 Å². The summed E-state index contributed by atoms with van der Waals surface area (Å²) in [5, 5.41) is 14.1. The van der Waals surface area contributed by atoms with Crippen LogP contribution in [0.15, 0.2) is 51.0 Å². The fraction of sp³-hybridized carbons (Fsp3) is 0.261. The van der Waals surface area contributed by atoms with Crippen molar-refractivity contribution in [3.8, 4) is 5.75 Å². The summed E-state index contributed by atoms with van der Waals surface area (Å²) in [5.41, 5.74) is 2.40. The Balaban J connectivity index is 1.45. The first-order valence-electron chi connectivity index (χ1n) is 10.3. The lowest BCUT2D eigenvalue weighted by atomic mass is 10.2. The van der Waals surface area contributed by atoms with Gasteiger partial charge >= 0.3 is 10.7 Å². The molecule has 0 radical (unpaired) electrons. The molecule has 3 heterocycles. The lowest BCUT2D eigenvalue weighted by Crippen LogP contribution is -2.30. The Kier molecular flexibility index (Phi) is 5.52. The summed E-state index contributed by atoms with van der Waals surface area (Å²) >= 11 is 2.89. The van der Waals surface area contributed by atoms with Gasteiger partial charge in [0.2, 0.25) is 5.91 Å². The number of rotatable bonds is 6. The highest BCUT2D eigenvalue weighted by molar-refractivity contribution is 7.99. The van der Waals surface area contributed by atoms with Gasteiger partial charge in [0.05, 0.1) is 17.7 Å². The SMILES string of the molecule is Cc1ccc(O)c(NC(=O)CSc2[nH+]c3sc4c(c3c(=O)n2Cc2ccco2)CCC4)c1. The third-order valence-corrected chi connectivity index (χ3v) is 7.72. The van der Waals surface area contributed by atoms with Gasteiger partial charge in [0.15, 0.2) is 11.4 Å². The normalized spacial score (nSPS) is 12.9. The molecular weight excluding hydrogens is 446 g/mol. The number of anilines is 1. The predicted octanol–water partition coefficient (Wildman–Crippen LogP) is 3.75. The fourth-order valence-corrected chi connectivity index (χ4v) is 6.16. The Morgan fingerprint density at radius 1 is 1.34 bits per heavy atom. The Bertz CT molecular complexity index is 1370. The average molecular weight is 469 g/mol. The molecule has 7 nitrogen and oxygen atoms in total. The van der Waals surface area contributed by atoms with E-state index < -0.39 is 0 Å². The van der Waals surface area contributed by atoms with Crippen LogP contribution in [0, 0.1) is 6.92 Å². The van der Waals surface area contributed by atoms with E-state index in [-0.39, 0.29) is 29.5 Å². The van der Waals surface area contributed by atoms with Crippen molar-refractivity contribution in [2.45, 2.75) is 37.9 Å². The Hall–Kier alpha value is -3.04. The minimum atomic E-state index is -0.268. The van der Waals surface area contributed by atoms with E-state index in [1.165, 1.54) is 16.6 Å². The number of thiophene rings is 1. The van der Waals surface area contributed by atoms with Crippen LogP contribution in [0.2, 0.25) is 0 Å². The molecule has 3 aromatic heterocycles. The molecular formula is C23H22N3O4S2+. The summed E-state index contributed by atoms with van der Waals surface area (Å²) in [6.45, 7) is 2.17. The summed E-state index contributed by atoms with van der Waals surface area (Å²) in [6, 6.07) is 8.67. The van der Waals surface area contributed by atoms with E-state index >= 15 is 0 Å². The number of thioether (sulfide) groups is 1. The van der Waals surface area contributed by atoms with Crippen LogP contribution in [-0.4, -0.2) is 21.3 Å². The van der Waals surface area contributed by atoms with Crippen molar-refractivity contribution < 1.29 is 19.3 Å². The number of aromatic hydroxyl groups is 1. The van der Waals surface area contributed by atoms with E-state index in [4.69, 9.17) is 4.42 Å². The summed E-state index contributed by atoms with van der Waals surface area (Å²) in [7, 11) is 0. The number of aromatic amines is 1. The number of benzene rings is 1. The number of aromatic nitrogens is 2. The molecule has 5 rings (SSSR count). The molecule has 1 aliphatic rings. The number of hydrogen-bond donors (Lipinski definition) is 2. The molecule has 0 aliphatic heterocycles. The van der Waals surface area contributed by atoms with Crippen molar-refractivity contribution in [3.05, 3.63) is 68.7 Å². The number of fused-ring (bicyclic) bond motifs is 3. The lowest BCUT2D eigenvalue weighted by Gasteiger charge is -2.08. The average Bonchev–Trinajstić information content (AvgIpc) is 3.49. The van der Waals surface area contributed by atoms with Crippen molar-refractivity contribution in [2.24, 2.45) is 0 Å². The first-order valence-corrected chi connectivity index (χ1v) is 12.1. The molecule has 1 amide bonds. The zero-order valence-electron chi connectivity index (χ0n) is 17.4. The van der Waals surface area contributed by atoms with Gasteiger partial charge < -0.3 is 14.8 Å². The number of hydrogen-bond acceptors (Lipinski definition) is 6. The van der Waals surface area contributed by atoms with Crippen molar-refractivity contribution in [1.82, 2.24) is 4.57 Å². The van der Waals surface area contributed by atoms with E-state index in [1.54, 1.807) is 46.4 Å². The van der Waals surface area contributed by atoms with Gasteiger partial charge in [-0.3, -0.25) is 4.79 Å². The highest BCUT2D eigenvalue weighted by Crippen LogP contribution is 2.34. The number of amides is 1. The molecule has 9 heteroatoms. The molecule has 0 saturated carbocycles. The first-order chi connectivity index (χ1) is 15.5. The van der Waals surface area contributed by atoms with Gasteiger partial charge in [0.1, 0.15) is 16.9 Å². The van der Waals surface area contributed by atoms with Gasteiger partial charge in [-0.25, -0.2) is 9.78 Å². The van der Waals surface area contributed by atoms with Gasteiger partial charge in [-0.2, -0.15) is 4.57 Å². The van der Waals surface area contributed by atoms with Crippen molar-refractivity contribution >= 4 is 44.9 Å².